The Balaban J connectivity index is 1.58. The second-order valence-electron chi connectivity index (χ2n) is 6.69. The first-order valence-electron chi connectivity index (χ1n) is 9.19. The zero-order chi connectivity index (χ0) is 19.5. The molecule has 1 unspecified atom stereocenters. The molecule has 148 valence electrons. The lowest BCUT2D eigenvalue weighted by Gasteiger charge is -2.33. The third-order valence-corrected chi connectivity index (χ3v) is 4.99. The molecule has 2 aromatic rings. The molecule has 1 aromatic carbocycles. The molecule has 0 saturated carbocycles. The van der Waals surface area contributed by atoms with Crippen LogP contribution in [0, 0.1) is 10.1 Å². The minimum Gasteiger partial charge on any atom is -0.467 e. The third-order valence-electron chi connectivity index (χ3n) is 4.99. The van der Waals surface area contributed by atoms with Gasteiger partial charge in [0.15, 0.2) is 0 Å². The van der Waals surface area contributed by atoms with E-state index in [-0.39, 0.29) is 17.7 Å². The number of rotatable bonds is 4. The molecule has 1 aromatic heterocycles. The van der Waals surface area contributed by atoms with E-state index in [9.17, 15) is 14.9 Å². The van der Waals surface area contributed by atoms with Crippen molar-refractivity contribution in [1.29, 1.82) is 0 Å². The highest BCUT2D eigenvalue weighted by atomic mass is 16.6. The number of furan rings is 1. The molecule has 2 saturated heterocycles. The maximum Gasteiger partial charge on any atom is 0.293 e. The molecule has 1 amide bonds. The van der Waals surface area contributed by atoms with E-state index in [4.69, 9.17) is 13.9 Å². The Hall–Kier alpha value is -2.91. The minimum absolute atomic E-state index is 0.0841. The SMILES string of the molecule is O=C(c1ccc(N2CCOC(c3ccco3)C2)c([N+](=O)[O-])c1)N1CCOCC1. The van der Waals surface area contributed by atoms with E-state index in [0.29, 0.717) is 63.0 Å². The van der Waals surface area contributed by atoms with Gasteiger partial charge in [-0.25, -0.2) is 0 Å². The van der Waals surface area contributed by atoms with Crippen molar-refractivity contribution in [3.05, 3.63) is 58.0 Å². The van der Waals surface area contributed by atoms with Gasteiger partial charge in [-0.05, 0) is 24.3 Å². The fourth-order valence-corrected chi connectivity index (χ4v) is 3.53. The first kappa shape index (κ1) is 18.5. The van der Waals surface area contributed by atoms with E-state index in [1.807, 2.05) is 11.0 Å². The van der Waals surface area contributed by atoms with Gasteiger partial charge in [-0.2, -0.15) is 0 Å². The predicted molar refractivity (Wildman–Crippen MR) is 99.4 cm³/mol. The number of nitro benzene ring substituents is 1. The Morgan fingerprint density at radius 3 is 2.68 bits per heavy atom. The van der Waals surface area contributed by atoms with Crippen LogP contribution in [0.1, 0.15) is 22.2 Å². The highest BCUT2D eigenvalue weighted by Crippen LogP contribution is 2.33. The third kappa shape index (κ3) is 3.71. The number of carbonyl (C=O) groups is 1. The summed E-state index contributed by atoms with van der Waals surface area (Å²) in [6.07, 6.45) is 1.28. The topological polar surface area (TPSA) is 98.3 Å². The molecule has 9 heteroatoms. The summed E-state index contributed by atoms with van der Waals surface area (Å²) >= 11 is 0. The molecule has 4 rings (SSSR count). The molecule has 28 heavy (non-hydrogen) atoms. The van der Waals surface area contributed by atoms with Gasteiger partial charge in [0.25, 0.3) is 11.6 Å². The zero-order valence-corrected chi connectivity index (χ0v) is 15.3. The molecule has 3 heterocycles. The van der Waals surface area contributed by atoms with Crippen molar-refractivity contribution in [3.63, 3.8) is 0 Å². The number of hydrogen-bond donors (Lipinski definition) is 0. The van der Waals surface area contributed by atoms with Gasteiger partial charge in [0.05, 0.1) is 37.6 Å². The summed E-state index contributed by atoms with van der Waals surface area (Å²) < 4.78 is 16.4. The van der Waals surface area contributed by atoms with Gasteiger partial charge in [0, 0.05) is 31.3 Å². The molecule has 2 aliphatic rings. The minimum atomic E-state index is -0.442. The van der Waals surface area contributed by atoms with Gasteiger partial charge in [0.2, 0.25) is 0 Å². The summed E-state index contributed by atoms with van der Waals surface area (Å²) in [6, 6.07) is 8.27. The van der Waals surface area contributed by atoms with E-state index >= 15 is 0 Å². The standard InChI is InChI=1S/C19H21N3O6/c23-19(20-5-9-26-10-6-20)14-3-4-15(16(12-14)22(24)25)21-7-11-28-18(13-21)17-2-1-8-27-17/h1-4,8,12,18H,5-7,9-11,13H2. The Morgan fingerprint density at radius 1 is 1.14 bits per heavy atom. The molecule has 2 aliphatic heterocycles. The van der Waals surface area contributed by atoms with E-state index < -0.39 is 4.92 Å². The Morgan fingerprint density at radius 2 is 1.96 bits per heavy atom. The first-order chi connectivity index (χ1) is 13.6. The van der Waals surface area contributed by atoms with Gasteiger partial charge in [-0.3, -0.25) is 14.9 Å². The van der Waals surface area contributed by atoms with Crippen LogP contribution < -0.4 is 4.90 Å². The van der Waals surface area contributed by atoms with Crippen LogP contribution in [0.15, 0.2) is 41.0 Å². The van der Waals surface area contributed by atoms with Crippen LogP contribution in [0.3, 0.4) is 0 Å². The fourth-order valence-electron chi connectivity index (χ4n) is 3.53. The maximum atomic E-state index is 12.7. The predicted octanol–water partition coefficient (Wildman–Crippen LogP) is 2.24. The van der Waals surface area contributed by atoms with Crippen LogP contribution >= 0.6 is 0 Å². The second kappa shape index (κ2) is 7.99. The molecule has 0 aliphatic carbocycles. The van der Waals surface area contributed by atoms with Crippen molar-refractivity contribution < 1.29 is 23.6 Å². The van der Waals surface area contributed by atoms with Gasteiger partial charge >= 0.3 is 0 Å². The molecule has 2 fully saturated rings. The number of ether oxygens (including phenoxy) is 2. The van der Waals surface area contributed by atoms with E-state index in [2.05, 4.69) is 0 Å². The maximum absolute atomic E-state index is 12.7. The Labute approximate surface area is 161 Å². The number of benzene rings is 1. The van der Waals surface area contributed by atoms with Crippen molar-refractivity contribution in [2.45, 2.75) is 6.10 Å². The van der Waals surface area contributed by atoms with Crippen molar-refractivity contribution in [3.8, 4) is 0 Å². The lowest BCUT2D eigenvalue weighted by Crippen LogP contribution is -2.41. The van der Waals surface area contributed by atoms with Crippen LogP contribution in [-0.4, -0.2) is 61.7 Å². The van der Waals surface area contributed by atoms with Crippen molar-refractivity contribution in [2.24, 2.45) is 0 Å². The quantitative estimate of drug-likeness (QED) is 0.586. The summed E-state index contributed by atoms with van der Waals surface area (Å²) in [4.78, 5) is 27.5. The first-order valence-corrected chi connectivity index (χ1v) is 9.19. The summed E-state index contributed by atoms with van der Waals surface area (Å²) in [6.45, 7) is 3.32. The van der Waals surface area contributed by atoms with Gasteiger partial charge in [-0.1, -0.05) is 0 Å². The van der Waals surface area contributed by atoms with Gasteiger partial charge in [-0.15, -0.1) is 0 Å². The summed E-state index contributed by atoms with van der Waals surface area (Å²) in [5.74, 6) is 0.472. The molecular formula is C19H21N3O6. The monoisotopic (exact) mass is 387 g/mol. The van der Waals surface area contributed by atoms with E-state index in [1.54, 1.807) is 29.4 Å². The molecule has 1 atom stereocenters. The van der Waals surface area contributed by atoms with Crippen LogP contribution in [0.5, 0.6) is 0 Å². The molecule has 9 nitrogen and oxygen atoms in total. The Bertz CT molecular complexity index is 847. The number of hydrogen-bond acceptors (Lipinski definition) is 7. The van der Waals surface area contributed by atoms with Crippen LogP contribution in [0.4, 0.5) is 11.4 Å². The smallest absolute Gasteiger partial charge is 0.293 e. The number of carbonyl (C=O) groups excluding carboxylic acids is 1. The van der Waals surface area contributed by atoms with Crippen molar-refractivity contribution in [2.75, 3.05) is 50.9 Å². The largest absolute Gasteiger partial charge is 0.467 e. The normalized spacial score (nSPS) is 20.2. The fraction of sp³-hybridized carbons (Fsp3) is 0.421. The van der Waals surface area contributed by atoms with E-state index in [1.165, 1.54) is 6.07 Å². The van der Waals surface area contributed by atoms with Gasteiger partial charge in [0.1, 0.15) is 17.6 Å². The average Bonchev–Trinajstić information content (AvgIpc) is 3.28. The van der Waals surface area contributed by atoms with Gasteiger partial charge < -0.3 is 23.7 Å². The number of morpholine rings is 2. The molecule has 0 spiro atoms. The highest BCUT2D eigenvalue weighted by molar-refractivity contribution is 5.96. The number of nitrogens with zero attached hydrogens (tertiary/aromatic N) is 3. The number of amides is 1. The summed E-state index contributed by atoms with van der Waals surface area (Å²) in [7, 11) is 0. The lowest BCUT2D eigenvalue weighted by molar-refractivity contribution is -0.384. The molecule has 0 bridgehead atoms. The number of nitro groups is 1. The lowest BCUT2D eigenvalue weighted by atomic mass is 10.1. The Kier molecular flexibility index (Phi) is 5.27. The summed E-state index contributed by atoms with van der Waals surface area (Å²) in [5.41, 5.74) is 0.704. The second-order valence-corrected chi connectivity index (χ2v) is 6.69. The average molecular weight is 387 g/mol. The van der Waals surface area contributed by atoms with Crippen LogP contribution in [-0.2, 0) is 9.47 Å². The molecule has 0 N–H and O–H groups in total. The molecular weight excluding hydrogens is 366 g/mol. The van der Waals surface area contributed by atoms with Crippen LogP contribution in [0.2, 0.25) is 0 Å². The van der Waals surface area contributed by atoms with E-state index in [0.717, 1.165) is 0 Å². The summed E-state index contributed by atoms with van der Waals surface area (Å²) in [5, 5.41) is 11.7. The zero-order valence-electron chi connectivity index (χ0n) is 15.3. The van der Waals surface area contributed by atoms with Crippen molar-refractivity contribution >= 4 is 17.3 Å². The highest BCUT2D eigenvalue weighted by Gasteiger charge is 2.29. The van der Waals surface area contributed by atoms with Crippen LogP contribution in [0.25, 0.3) is 0 Å². The molecule has 0 radical (unpaired) electrons. The van der Waals surface area contributed by atoms with Crippen molar-refractivity contribution in [1.82, 2.24) is 4.90 Å². The number of anilines is 1.